The van der Waals surface area contributed by atoms with Gasteiger partial charge >= 0.3 is 0 Å². The summed E-state index contributed by atoms with van der Waals surface area (Å²) >= 11 is 4.11. The van der Waals surface area contributed by atoms with Crippen LogP contribution in [0.25, 0.3) is 0 Å². The zero-order valence-electron chi connectivity index (χ0n) is 7.26. The molecule has 66 valence electrons. The quantitative estimate of drug-likeness (QED) is 0.612. The first kappa shape index (κ1) is 10.8. The van der Waals surface area contributed by atoms with Gasteiger partial charge in [-0.3, -0.25) is 4.79 Å². The summed E-state index contributed by atoms with van der Waals surface area (Å²) in [7, 11) is 0. The zero-order valence-corrected chi connectivity index (χ0v) is 8.16. The van der Waals surface area contributed by atoms with E-state index in [1.165, 1.54) is 0 Å². The van der Waals surface area contributed by atoms with Gasteiger partial charge in [0.2, 0.25) is 5.91 Å². The lowest BCUT2D eigenvalue weighted by Gasteiger charge is -2.22. The molecule has 3 heteroatoms. The molecule has 0 aromatic rings. The van der Waals surface area contributed by atoms with Crippen molar-refractivity contribution in [3.63, 3.8) is 0 Å². The van der Waals surface area contributed by atoms with Crippen molar-refractivity contribution in [1.29, 1.82) is 0 Å². The lowest BCUT2D eigenvalue weighted by atomic mass is 9.86. The molecule has 0 aliphatic carbocycles. The van der Waals surface area contributed by atoms with Crippen molar-refractivity contribution < 1.29 is 4.79 Å². The van der Waals surface area contributed by atoms with Gasteiger partial charge in [-0.05, 0) is 13.3 Å². The van der Waals surface area contributed by atoms with Crippen LogP contribution in [0.2, 0.25) is 0 Å². The Morgan fingerprint density at radius 3 is 2.45 bits per heavy atom. The van der Waals surface area contributed by atoms with Crippen LogP contribution in [-0.4, -0.2) is 11.7 Å². The van der Waals surface area contributed by atoms with Crippen molar-refractivity contribution in [2.24, 2.45) is 11.1 Å². The fraction of sp³-hybridized carbons (Fsp3) is 0.875. The second kappa shape index (κ2) is 4.65. The molecule has 0 saturated heterocycles. The summed E-state index contributed by atoms with van der Waals surface area (Å²) in [5.74, 6) is 0.309. The Hall–Kier alpha value is -0.180. The van der Waals surface area contributed by atoms with Gasteiger partial charge in [-0.25, -0.2) is 0 Å². The molecular weight excluding hydrogens is 158 g/mol. The van der Waals surface area contributed by atoms with Crippen molar-refractivity contribution in [2.75, 3.05) is 5.75 Å². The van der Waals surface area contributed by atoms with Crippen LogP contribution in [0.5, 0.6) is 0 Å². The molecule has 0 spiro atoms. The number of hydrogen-bond acceptors (Lipinski definition) is 2. The fourth-order valence-corrected chi connectivity index (χ4v) is 1.16. The number of carbonyl (C=O) groups excluding carboxylic acids is 1. The van der Waals surface area contributed by atoms with Crippen LogP contribution >= 0.6 is 12.6 Å². The van der Waals surface area contributed by atoms with E-state index in [1.54, 1.807) is 0 Å². The second-order valence-corrected chi connectivity index (χ2v) is 3.50. The van der Waals surface area contributed by atoms with Crippen LogP contribution in [-0.2, 0) is 4.79 Å². The molecular formula is C8H17NOS. The first-order valence-corrected chi connectivity index (χ1v) is 4.61. The molecule has 0 saturated carbocycles. The molecule has 1 atom stereocenters. The molecule has 2 N–H and O–H groups in total. The molecule has 1 unspecified atom stereocenters. The summed E-state index contributed by atoms with van der Waals surface area (Å²) in [5, 5.41) is 0. The largest absolute Gasteiger partial charge is 0.369 e. The number of unbranched alkanes of at least 4 members (excludes halogenated alkanes) is 1. The molecule has 0 bridgehead atoms. The molecule has 11 heavy (non-hydrogen) atoms. The summed E-state index contributed by atoms with van der Waals surface area (Å²) in [6.45, 7) is 3.97. The maximum atomic E-state index is 10.9. The molecule has 2 nitrogen and oxygen atoms in total. The SMILES string of the molecule is CCCCC(C)(CS)C(N)=O. The van der Waals surface area contributed by atoms with Gasteiger partial charge in [0.05, 0.1) is 5.41 Å². The van der Waals surface area contributed by atoms with Gasteiger partial charge in [0.25, 0.3) is 0 Å². The number of primary amides is 1. The summed E-state index contributed by atoms with van der Waals surface area (Å²) in [4.78, 5) is 10.9. The van der Waals surface area contributed by atoms with Crippen LogP contribution in [0.3, 0.4) is 0 Å². The summed E-state index contributed by atoms with van der Waals surface area (Å²) in [5.41, 5.74) is 4.83. The molecule has 0 aromatic heterocycles. The maximum absolute atomic E-state index is 10.9. The molecule has 0 aliphatic rings. The third-order valence-electron chi connectivity index (χ3n) is 2.03. The number of hydrogen-bond donors (Lipinski definition) is 2. The van der Waals surface area contributed by atoms with Crippen molar-refractivity contribution in [1.82, 2.24) is 0 Å². The van der Waals surface area contributed by atoms with E-state index in [0.29, 0.717) is 5.75 Å². The summed E-state index contributed by atoms with van der Waals surface area (Å²) in [6, 6.07) is 0. The van der Waals surface area contributed by atoms with Crippen molar-refractivity contribution in [3.05, 3.63) is 0 Å². The number of amides is 1. The Kier molecular flexibility index (Phi) is 4.57. The highest BCUT2D eigenvalue weighted by Crippen LogP contribution is 2.24. The van der Waals surface area contributed by atoms with Crippen LogP contribution in [0.1, 0.15) is 33.1 Å². The average molecular weight is 175 g/mol. The highest BCUT2D eigenvalue weighted by molar-refractivity contribution is 7.80. The molecule has 0 aliphatic heterocycles. The van der Waals surface area contributed by atoms with Crippen molar-refractivity contribution >= 4 is 18.5 Å². The minimum absolute atomic E-state index is 0.235. The fourth-order valence-electron chi connectivity index (χ4n) is 0.847. The Morgan fingerprint density at radius 2 is 2.18 bits per heavy atom. The van der Waals surface area contributed by atoms with E-state index in [0.717, 1.165) is 19.3 Å². The second-order valence-electron chi connectivity index (χ2n) is 3.19. The minimum atomic E-state index is -0.404. The highest BCUT2D eigenvalue weighted by Gasteiger charge is 2.28. The van der Waals surface area contributed by atoms with E-state index in [4.69, 9.17) is 5.73 Å². The van der Waals surface area contributed by atoms with Crippen LogP contribution < -0.4 is 5.73 Å². The number of nitrogens with two attached hydrogens (primary N) is 1. The highest BCUT2D eigenvalue weighted by atomic mass is 32.1. The first-order chi connectivity index (χ1) is 5.06. The normalized spacial score (nSPS) is 15.9. The predicted octanol–water partition coefficient (Wildman–Crippen LogP) is 1.60. The van der Waals surface area contributed by atoms with Gasteiger partial charge in [-0.2, -0.15) is 12.6 Å². The summed E-state index contributed by atoms with van der Waals surface area (Å²) in [6.07, 6.45) is 2.99. The number of carbonyl (C=O) groups is 1. The van der Waals surface area contributed by atoms with E-state index < -0.39 is 5.41 Å². The van der Waals surface area contributed by atoms with E-state index >= 15 is 0 Å². The third kappa shape index (κ3) is 3.14. The van der Waals surface area contributed by atoms with Crippen molar-refractivity contribution in [3.8, 4) is 0 Å². The molecule has 0 aromatic carbocycles. The summed E-state index contributed by atoms with van der Waals surface area (Å²) < 4.78 is 0. The van der Waals surface area contributed by atoms with Gasteiger partial charge in [0, 0.05) is 5.75 Å². The maximum Gasteiger partial charge on any atom is 0.224 e. The Bertz CT molecular complexity index is 138. The van der Waals surface area contributed by atoms with Crippen LogP contribution in [0, 0.1) is 5.41 Å². The Balaban J connectivity index is 3.99. The molecule has 1 amide bonds. The lowest BCUT2D eigenvalue weighted by molar-refractivity contribution is -0.126. The van der Waals surface area contributed by atoms with E-state index in [1.807, 2.05) is 6.92 Å². The number of rotatable bonds is 5. The Morgan fingerprint density at radius 1 is 1.64 bits per heavy atom. The molecule has 0 fully saturated rings. The van der Waals surface area contributed by atoms with Gasteiger partial charge in [0.15, 0.2) is 0 Å². The van der Waals surface area contributed by atoms with Gasteiger partial charge in [-0.15, -0.1) is 0 Å². The van der Waals surface area contributed by atoms with Crippen LogP contribution in [0.4, 0.5) is 0 Å². The van der Waals surface area contributed by atoms with Gasteiger partial charge in [-0.1, -0.05) is 19.8 Å². The Labute approximate surface area is 74.0 Å². The van der Waals surface area contributed by atoms with Gasteiger partial charge in [0.1, 0.15) is 0 Å². The molecule has 0 rings (SSSR count). The zero-order chi connectivity index (χ0) is 8.91. The molecule has 0 heterocycles. The smallest absolute Gasteiger partial charge is 0.224 e. The van der Waals surface area contributed by atoms with Crippen LogP contribution in [0.15, 0.2) is 0 Å². The van der Waals surface area contributed by atoms with Gasteiger partial charge < -0.3 is 5.73 Å². The average Bonchev–Trinajstić information content (AvgIpc) is 2.00. The monoisotopic (exact) mass is 175 g/mol. The molecule has 0 radical (unpaired) electrons. The van der Waals surface area contributed by atoms with E-state index in [-0.39, 0.29) is 5.91 Å². The van der Waals surface area contributed by atoms with E-state index in [2.05, 4.69) is 19.6 Å². The lowest BCUT2D eigenvalue weighted by Crippen LogP contribution is -2.35. The number of thiol groups is 1. The van der Waals surface area contributed by atoms with Crippen molar-refractivity contribution in [2.45, 2.75) is 33.1 Å². The van der Waals surface area contributed by atoms with E-state index in [9.17, 15) is 4.79 Å². The first-order valence-electron chi connectivity index (χ1n) is 3.97. The topological polar surface area (TPSA) is 43.1 Å². The third-order valence-corrected chi connectivity index (χ3v) is 2.72. The standard InChI is InChI=1S/C8H17NOS/c1-3-4-5-8(2,6-11)7(9)10/h11H,3-6H2,1-2H3,(H2,9,10). The minimum Gasteiger partial charge on any atom is -0.369 e. The predicted molar refractivity (Wildman–Crippen MR) is 50.7 cm³/mol.